The Morgan fingerprint density at radius 2 is 1.94 bits per heavy atom. The van der Waals surface area contributed by atoms with Crippen molar-refractivity contribution in [3.8, 4) is 5.69 Å². The van der Waals surface area contributed by atoms with Crippen LogP contribution < -0.4 is 10.5 Å². The second kappa shape index (κ2) is 8.51. The highest BCUT2D eigenvalue weighted by molar-refractivity contribution is 7.99. The lowest BCUT2D eigenvalue weighted by Gasteiger charge is -2.23. The molecule has 1 amide bonds. The van der Waals surface area contributed by atoms with Crippen molar-refractivity contribution >= 4 is 34.4 Å². The van der Waals surface area contributed by atoms with Gasteiger partial charge in [0.15, 0.2) is 10.8 Å². The van der Waals surface area contributed by atoms with Crippen LogP contribution in [0.25, 0.3) is 16.7 Å². The highest BCUT2D eigenvalue weighted by atomic mass is 32.2. The van der Waals surface area contributed by atoms with Gasteiger partial charge in [-0.1, -0.05) is 36.0 Å². The first-order chi connectivity index (χ1) is 16.0. The zero-order valence-corrected chi connectivity index (χ0v) is 19.7. The summed E-state index contributed by atoms with van der Waals surface area (Å²) in [7, 11) is 0. The number of benzene rings is 2. The van der Waals surface area contributed by atoms with E-state index in [-0.39, 0.29) is 23.9 Å². The molecule has 0 radical (unpaired) electrons. The van der Waals surface area contributed by atoms with Gasteiger partial charge in [0.25, 0.3) is 5.56 Å². The van der Waals surface area contributed by atoms with E-state index in [1.54, 1.807) is 20.3 Å². The first kappa shape index (κ1) is 21.5. The minimum atomic E-state index is -0.232. The number of hydrogen-bond acceptors (Lipinski definition) is 5. The van der Waals surface area contributed by atoms with Gasteiger partial charge in [-0.2, -0.15) is 5.10 Å². The molecule has 0 saturated heterocycles. The molecular formula is C25H25N5O2S. The quantitative estimate of drug-likeness (QED) is 0.416. The van der Waals surface area contributed by atoms with Crippen LogP contribution in [0, 0.1) is 13.8 Å². The van der Waals surface area contributed by atoms with Crippen LogP contribution >= 0.6 is 11.8 Å². The molecule has 0 aliphatic carbocycles. The van der Waals surface area contributed by atoms with E-state index in [2.05, 4.69) is 18.9 Å². The normalized spacial score (nSPS) is 15.1. The molecule has 1 aliphatic heterocycles. The van der Waals surface area contributed by atoms with Gasteiger partial charge in [0.2, 0.25) is 5.91 Å². The highest BCUT2D eigenvalue weighted by Crippen LogP contribution is 2.34. The van der Waals surface area contributed by atoms with Crippen molar-refractivity contribution in [2.45, 2.75) is 38.4 Å². The van der Waals surface area contributed by atoms with E-state index in [1.165, 1.54) is 17.3 Å². The second-order valence-corrected chi connectivity index (χ2v) is 9.26. The van der Waals surface area contributed by atoms with Gasteiger partial charge in [-0.05, 0) is 56.2 Å². The van der Waals surface area contributed by atoms with Gasteiger partial charge in [-0.25, -0.2) is 9.67 Å². The van der Waals surface area contributed by atoms with Crippen LogP contribution in [0.4, 0.5) is 5.69 Å². The minimum Gasteiger partial charge on any atom is -0.313 e. The summed E-state index contributed by atoms with van der Waals surface area (Å²) in [6, 6.07) is 15.5. The molecule has 0 bridgehead atoms. The summed E-state index contributed by atoms with van der Waals surface area (Å²) in [6.07, 6.45) is 1.83. The number of fused-ring (bicyclic) bond motifs is 2. The van der Waals surface area contributed by atoms with Crippen molar-refractivity contribution in [2.75, 3.05) is 17.2 Å². The van der Waals surface area contributed by atoms with Crippen LogP contribution in [-0.4, -0.2) is 37.5 Å². The van der Waals surface area contributed by atoms with Gasteiger partial charge < -0.3 is 4.90 Å². The Bertz CT molecular complexity index is 1410. The van der Waals surface area contributed by atoms with Gasteiger partial charge in [-0.3, -0.25) is 14.2 Å². The van der Waals surface area contributed by atoms with E-state index >= 15 is 0 Å². The lowest BCUT2D eigenvalue weighted by Crippen LogP contribution is -2.34. The number of thioether (sulfide) groups is 1. The van der Waals surface area contributed by atoms with Crippen molar-refractivity contribution < 1.29 is 4.79 Å². The molecule has 0 spiro atoms. The molecule has 1 atom stereocenters. The van der Waals surface area contributed by atoms with Crippen LogP contribution in [0.2, 0.25) is 0 Å². The average Bonchev–Trinajstić information content (AvgIpc) is 3.42. The van der Waals surface area contributed by atoms with Gasteiger partial charge in [0.05, 0.1) is 17.9 Å². The molecule has 3 heterocycles. The Balaban J connectivity index is 1.49. The molecule has 7 nitrogen and oxygen atoms in total. The van der Waals surface area contributed by atoms with Crippen LogP contribution in [0.1, 0.15) is 30.5 Å². The van der Waals surface area contributed by atoms with E-state index < -0.39 is 0 Å². The number of nitrogens with zero attached hydrogens (tertiary/aromatic N) is 5. The number of amides is 1. The second-order valence-electron chi connectivity index (χ2n) is 8.27. The fourth-order valence-electron chi connectivity index (χ4n) is 4.25. The highest BCUT2D eigenvalue weighted by Gasteiger charge is 2.31. The molecule has 33 heavy (non-hydrogen) atoms. The first-order valence-electron chi connectivity index (χ1n) is 11.0. The van der Waals surface area contributed by atoms with Crippen molar-refractivity contribution in [1.82, 2.24) is 19.3 Å². The Labute approximate surface area is 196 Å². The maximum Gasteiger partial charge on any atom is 0.265 e. The molecule has 2 aromatic carbocycles. The molecule has 0 fully saturated rings. The first-order valence-corrected chi connectivity index (χ1v) is 12.0. The third-order valence-corrected chi connectivity index (χ3v) is 7.30. The Morgan fingerprint density at radius 3 is 2.67 bits per heavy atom. The number of para-hydroxylation sites is 1. The number of aryl methyl sites for hydroxylation is 2. The maximum atomic E-state index is 13.4. The molecule has 5 rings (SSSR count). The smallest absolute Gasteiger partial charge is 0.265 e. The predicted octanol–water partition coefficient (Wildman–Crippen LogP) is 4.29. The van der Waals surface area contributed by atoms with E-state index in [4.69, 9.17) is 4.98 Å². The van der Waals surface area contributed by atoms with Crippen molar-refractivity contribution in [1.29, 1.82) is 0 Å². The van der Waals surface area contributed by atoms with Crippen molar-refractivity contribution in [2.24, 2.45) is 0 Å². The summed E-state index contributed by atoms with van der Waals surface area (Å²) in [5.74, 6) is 0.643. The van der Waals surface area contributed by atoms with Crippen LogP contribution in [-0.2, 0) is 4.79 Å². The molecule has 1 unspecified atom stereocenters. The van der Waals surface area contributed by atoms with Gasteiger partial charge in [-0.15, -0.1) is 0 Å². The third kappa shape index (κ3) is 3.74. The zero-order valence-electron chi connectivity index (χ0n) is 18.9. The standard InChI is InChI=1S/C25H25N5O2S/c1-4-28(18-8-6-5-7-9-18)22(31)13-20-15-33-25-27-23-21(24(32)29(20)25)14-26-30(23)19-11-10-16(2)17(3)12-19/h5-12,14,20H,4,13,15H2,1-3H3. The Kier molecular flexibility index (Phi) is 5.54. The monoisotopic (exact) mass is 459 g/mol. The van der Waals surface area contributed by atoms with Crippen LogP contribution in [0.3, 0.4) is 0 Å². The largest absolute Gasteiger partial charge is 0.313 e. The summed E-state index contributed by atoms with van der Waals surface area (Å²) >= 11 is 1.51. The SMILES string of the molecule is CCN(C(=O)CC1CSc2nc3c(cnn3-c3ccc(C)c(C)c3)c(=O)n21)c1ccccc1. The number of carbonyl (C=O) groups excluding carboxylic acids is 1. The predicted molar refractivity (Wildman–Crippen MR) is 131 cm³/mol. The van der Waals surface area contributed by atoms with E-state index in [1.807, 2.05) is 55.5 Å². The van der Waals surface area contributed by atoms with Crippen molar-refractivity contribution in [3.05, 3.63) is 76.2 Å². The molecule has 1 aliphatic rings. The minimum absolute atomic E-state index is 0.0000253. The number of carbonyl (C=O) groups is 1. The Morgan fingerprint density at radius 1 is 1.15 bits per heavy atom. The van der Waals surface area contributed by atoms with Gasteiger partial charge >= 0.3 is 0 Å². The molecule has 0 saturated carbocycles. The number of hydrogen-bond donors (Lipinski definition) is 0. The van der Waals surface area contributed by atoms with E-state index in [0.717, 1.165) is 16.9 Å². The molecule has 8 heteroatoms. The molecule has 0 N–H and O–H groups in total. The van der Waals surface area contributed by atoms with Crippen molar-refractivity contribution in [3.63, 3.8) is 0 Å². The molecule has 2 aromatic heterocycles. The average molecular weight is 460 g/mol. The summed E-state index contributed by atoms with van der Waals surface area (Å²) in [4.78, 5) is 33.1. The summed E-state index contributed by atoms with van der Waals surface area (Å²) < 4.78 is 3.40. The fraction of sp³-hybridized carbons (Fsp3) is 0.280. The van der Waals surface area contributed by atoms with E-state index in [0.29, 0.717) is 28.5 Å². The number of rotatable bonds is 5. The van der Waals surface area contributed by atoms with Crippen LogP contribution in [0.15, 0.2) is 64.7 Å². The fourth-order valence-corrected chi connectivity index (χ4v) is 5.38. The number of aromatic nitrogens is 4. The third-order valence-electron chi connectivity index (χ3n) is 6.20. The summed E-state index contributed by atoms with van der Waals surface area (Å²) in [5.41, 5.74) is 4.50. The van der Waals surface area contributed by atoms with E-state index in [9.17, 15) is 9.59 Å². The maximum absolute atomic E-state index is 13.4. The lowest BCUT2D eigenvalue weighted by molar-refractivity contribution is -0.119. The van der Waals surface area contributed by atoms with Gasteiger partial charge in [0.1, 0.15) is 5.39 Å². The zero-order chi connectivity index (χ0) is 23.1. The lowest BCUT2D eigenvalue weighted by atomic mass is 10.1. The van der Waals surface area contributed by atoms with Gasteiger partial charge in [0, 0.05) is 24.4 Å². The topological polar surface area (TPSA) is 73.0 Å². The summed E-state index contributed by atoms with van der Waals surface area (Å²) in [6.45, 7) is 6.65. The molecule has 168 valence electrons. The molecule has 4 aromatic rings. The molecular weight excluding hydrogens is 434 g/mol. The Hall–Kier alpha value is -3.39. The van der Waals surface area contributed by atoms with Crippen LogP contribution in [0.5, 0.6) is 0 Å². The summed E-state index contributed by atoms with van der Waals surface area (Å²) in [5, 5.41) is 5.56. The number of anilines is 1.